The van der Waals surface area contributed by atoms with Crippen LogP contribution in [-0.2, 0) is 0 Å². The first-order valence-corrected chi connectivity index (χ1v) is 6.10. The van der Waals surface area contributed by atoms with E-state index in [0.717, 1.165) is 16.3 Å². The first kappa shape index (κ1) is 13.3. The lowest BCUT2D eigenvalue weighted by atomic mass is 10.0. The van der Waals surface area contributed by atoms with Crippen LogP contribution in [0.4, 0.5) is 5.69 Å². The van der Waals surface area contributed by atoms with Crippen molar-refractivity contribution in [2.24, 2.45) is 0 Å². The topological polar surface area (TPSA) is 88.2 Å². The fraction of sp³-hybridized carbons (Fsp3) is 0.286. The number of aliphatic hydroxyl groups excluding tert-OH is 1. The number of benzene rings is 1. The number of nitrogen functional groups attached to an aromatic ring is 1. The number of nitrogens with zero attached hydrogens (tertiary/aromatic N) is 1. The van der Waals surface area contributed by atoms with Crippen molar-refractivity contribution in [1.82, 2.24) is 10.3 Å². The molecular formula is C14H17N3O2. The highest BCUT2D eigenvalue weighted by Crippen LogP contribution is 2.24. The summed E-state index contributed by atoms with van der Waals surface area (Å²) in [6.45, 7) is 3.72. The van der Waals surface area contributed by atoms with Gasteiger partial charge in [0.25, 0.3) is 5.91 Å². The molecule has 0 spiro atoms. The minimum atomic E-state index is -0.592. The van der Waals surface area contributed by atoms with Gasteiger partial charge in [0, 0.05) is 29.2 Å². The van der Waals surface area contributed by atoms with E-state index in [1.807, 2.05) is 19.1 Å². The van der Waals surface area contributed by atoms with Gasteiger partial charge in [-0.1, -0.05) is 0 Å². The zero-order valence-electron chi connectivity index (χ0n) is 11.0. The molecule has 100 valence electrons. The number of aliphatic hydroxyl groups is 1. The van der Waals surface area contributed by atoms with Crippen LogP contribution in [0.15, 0.2) is 24.4 Å². The molecular weight excluding hydrogens is 242 g/mol. The minimum absolute atomic E-state index is 0.193. The Hall–Kier alpha value is -2.14. The largest absolute Gasteiger partial charge is 0.398 e. The number of nitrogens with one attached hydrogen (secondary N) is 1. The molecule has 0 aliphatic heterocycles. The number of hydrogen-bond donors (Lipinski definition) is 3. The summed E-state index contributed by atoms with van der Waals surface area (Å²) in [4.78, 5) is 16.2. The SMILES string of the molecule is Cc1cc(N)c2ccnc(C(=O)NCC(C)O)c2c1. The second-order valence-corrected chi connectivity index (χ2v) is 4.67. The number of anilines is 1. The molecule has 4 N–H and O–H groups in total. The maximum absolute atomic E-state index is 12.1. The molecule has 2 aromatic rings. The van der Waals surface area contributed by atoms with Crippen LogP contribution >= 0.6 is 0 Å². The highest BCUT2D eigenvalue weighted by atomic mass is 16.3. The van der Waals surface area contributed by atoms with Gasteiger partial charge in [0.2, 0.25) is 0 Å². The Morgan fingerprint density at radius 3 is 2.89 bits per heavy atom. The molecule has 0 saturated carbocycles. The van der Waals surface area contributed by atoms with Crippen LogP contribution in [0.3, 0.4) is 0 Å². The Balaban J connectivity index is 2.46. The molecule has 0 fully saturated rings. The van der Waals surface area contributed by atoms with Crippen molar-refractivity contribution in [2.45, 2.75) is 20.0 Å². The van der Waals surface area contributed by atoms with Gasteiger partial charge in [0.1, 0.15) is 5.69 Å². The van der Waals surface area contributed by atoms with Crippen molar-refractivity contribution in [2.75, 3.05) is 12.3 Å². The third-order valence-corrected chi connectivity index (χ3v) is 2.83. The number of nitrogens with two attached hydrogens (primary N) is 1. The third kappa shape index (κ3) is 2.82. The maximum Gasteiger partial charge on any atom is 0.270 e. The summed E-state index contributed by atoms with van der Waals surface area (Å²) >= 11 is 0. The lowest BCUT2D eigenvalue weighted by molar-refractivity contribution is 0.0921. The van der Waals surface area contributed by atoms with Crippen LogP contribution in [0.2, 0.25) is 0 Å². The first-order valence-electron chi connectivity index (χ1n) is 6.10. The number of fused-ring (bicyclic) bond motifs is 1. The molecule has 1 unspecified atom stereocenters. The summed E-state index contributed by atoms with van der Waals surface area (Å²) in [7, 11) is 0. The molecule has 0 aliphatic carbocycles. The molecule has 1 aromatic carbocycles. The fourth-order valence-electron chi connectivity index (χ4n) is 1.97. The molecule has 0 bridgehead atoms. The van der Waals surface area contributed by atoms with Crippen molar-refractivity contribution in [3.8, 4) is 0 Å². The molecule has 19 heavy (non-hydrogen) atoms. The number of rotatable bonds is 3. The van der Waals surface area contributed by atoms with E-state index in [1.54, 1.807) is 19.2 Å². The molecule has 5 heteroatoms. The number of pyridine rings is 1. The normalized spacial score (nSPS) is 12.4. The van der Waals surface area contributed by atoms with Gasteiger partial charge in [-0.15, -0.1) is 0 Å². The molecule has 2 rings (SSSR count). The van der Waals surface area contributed by atoms with E-state index in [9.17, 15) is 9.90 Å². The van der Waals surface area contributed by atoms with E-state index in [1.165, 1.54) is 0 Å². The van der Waals surface area contributed by atoms with Gasteiger partial charge < -0.3 is 16.2 Å². The number of aryl methyl sites for hydroxylation is 1. The molecule has 0 radical (unpaired) electrons. The monoisotopic (exact) mass is 259 g/mol. The number of hydrogen-bond acceptors (Lipinski definition) is 4. The predicted octanol–water partition coefficient (Wildman–Crippen LogP) is 1.24. The zero-order chi connectivity index (χ0) is 14.0. The predicted molar refractivity (Wildman–Crippen MR) is 74.9 cm³/mol. The number of aromatic nitrogens is 1. The molecule has 1 atom stereocenters. The van der Waals surface area contributed by atoms with Crippen molar-refractivity contribution in [3.05, 3.63) is 35.7 Å². The molecule has 5 nitrogen and oxygen atoms in total. The smallest absolute Gasteiger partial charge is 0.270 e. The van der Waals surface area contributed by atoms with Crippen LogP contribution in [0, 0.1) is 6.92 Å². The van der Waals surface area contributed by atoms with Crippen LogP contribution in [0.5, 0.6) is 0 Å². The van der Waals surface area contributed by atoms with Crippen molar-refractivity contribution >= 4 is 22.4 Å². The first-order chi connectivity index (χ1) is 8.99. The Bertz CT molecular complexity index is 623. The van der Waals surface area contributed by atoms with E-state index >= 15 is 0 Å². The van der Waals surface area contributed by atoms with Crippen molar-refractivity contribution < 1.29 is 9.90 Å². The molecule has 1 amide bonds. The van der Waals surface area contributed by atoms with Gasteiger partial charge in [-0.05, 0) is 37.6 Å². The van der Waals surface area contributed by atoms with Crippen LogP contribution in [0.25, 0.3) is 10.8 Å². The summed E-state index contributed by atoms with van der Waals surface area (Å²) in [6, 6.07) is 5.53. The van der Waals surface area contributed by atoms with E-state index in [4.69, 9.17) is 5.73 Å². The number of carbonyl (C=O) groups is 1. The van der Waals surface area contributed by atoms with E-state index in [0.29, 0.717) is 11.4 Å². The molecule has 0 aliphatic rings. The summed E-state index contributed by atoms with van der Waals surface area (Å²) in [6.07, 6.45) is 0.969. The van der Waals surface area contributed by atoms with Crippen LogP contribution in [0.1, 0.15) is 23.0 Å². The average molecular weight is 259 g/mol. The van der Waals surface area contributed by atoms with Gasteiger partial charge in [-0.25, -0.2) is 0 Å². The summed E-state index contributed by atoms with van der Waals surface area (Å²) < 4.78 is 0. The standard InChI is InChI=1S/C14H17N3O2/c1-8-5-11-10(12(15)6-8)3-4-16-13(11)14(19)17-7-9(2)18/h3-6,9,18H,7,15H2,1-2H3,(H,17,19). The highest BCUT2D eigenvalue weighted by molar-refractivity contribution is 6.08. The fourth-order valence-corrected chi connectivity index (χ4v) is 1.97. The van der Waals surface area contributed by atoms with Gasteiger partial charge >= 0.3 is 0 Å². The Morgan fingerprint density at radius 1 is 1.47 bits per heavy atom. The quantitative estimate of drug-likeness (QED) is 0.723. The number of carbonyl (C=O) groups excluding carboxylic acids is 1. The Kier molecular flexibility index (Phi) is 3.66. The zero-order valence-corrected chi connectivity index (χ0v) is 11.0. The second-order valence-electron chi connectivity index (χ2n) is 4.67. The van der Waals surface area contributed by atoms with E-state index in [-0.39, 0.29) is 12.5 Å². The summed E-state index contributed by atoms with van der Waals surface area (Å²) in [5, 5.41) is 13.4. The molecule has 0 saturated heterocycles. The minimum Gasteiger partial charge on any atom is -0.398 e. The second kappa shape index (κ2) is 5.24. The lowest BCUT2D eigenvalue weighted by Crippen LogP contribution is -2.31. The molecule has 1 aromatic heterocycles. The highest BCUT2D eigenvalue weighted by Gasteiger charge is 2.13. The Morgan fingerprint density at radius 2 is 2.21 bits per heavy atom. The summed E-state index contributed by atoms with van der Waals surface area (Å²) in [5.41, 5.74) is 7.88. The van der Waals surface area contributed by atoms with Gasteiger partial charge in [-0.3, -0.25) is 9.78 Å². The van der Waals surface area contributed by atoms with Crippen LogP contribution in [-0.4, -0.2) is 28.6 Å². The van der Waals surface area contributed by atoms with Gasteiger partial charge in [0.15, 0.2) is 0 Å². The summed E-state index contributed by atoms with van der Waals surface area (Å²) in [5.74, 6) is -0.309. The lowest BCUT2D eigenvalue weighted by Gasteiger charge is -2.10. The van der Waals surface area contributed by atoms with Crippen molar-refractivity contribution in [1.29, 1.82) is 0 Å². The van der Waals surface area contributed by atoms with E-state index < -0.39 is 6.10 Å². The Labute approximate surface area is 111 Å². The molecule has 1 heterocycles. The average Bonchev–Trinajstić information content (AvgIpc) is 2.35. The third-order valence-electron chi connectivity index (χ3n) is 2.83. The van der Waals surface area contributed by atoms with E-state index in [2.05, 4.69) is 10.3 Å². The number of amides is 1. The van der Waals surface area contributed by atoms with Gasteiger partial charge in [-0.2, -0.15) is 0 Å². The maximum atomic E-state index is 12.1. The van der Waals surface area contributed by atoms with Crippen molar-refractivity contribution in [3.63, 3.8) is 0 Å². The van der Waals surface area contributed by atoms with Gasteiger partial charge in [0.05, 0.1) is 6.10 Å². The van der Waals surface area contributed by atoms with Crippen LogP contribution < -0.4 is 11.1 Å².